The first-order valence-electron chi connectivity index (χ1n) is 5.32. The van der Waals surface area contributed by atoms with Crippen molar-refractivity contribution in [3.8, 4) is 0 Å². The maximum atomic E-state index is 11.0. The lowest BCUT2D eigenvalue weighted by Crippen LogP contribution is -1.93. The van der Waals surface area contributed by atoms with Crippen LogP contribution in [0.25, 0.3) is 21.9 Å². The second-order valence-electron chi connectivity index (χ2n) is 4.17. The molecule has 3 rings (SSSR count). The van der Waals surface area contributed by atoms with Crippen LogP contribution in [0.15, 0.2) is 24.3 Å². The third-order valence-electron chi connectivity index (χ3n) is 3.31. The summed E-state index contributed by atoms with van der Waals surface area (Å²) in [5, 5.41) is 1.81. The number of carbonyl (C=O) groups excluding carboxylic acids is 1. The fourth-order valence-electron chi connectivity index (χ4n) is 2.46. The smallest absolute Gasteiger partial charge is 0.166 e. The van der Waals surface area contributed by atoms with Gasteiger partial charge < -0.3 is 9.13 Å². The molecule has 0 aliphatic heterocycles. The highest BCUT2D eigenvalue weighted by atomic mass is 35.5. The second-order valence-corrected chi connectivity index (χ2v) is 4.58. The van der Waals surface area contributed by atoms with Crippen LogP contribution >= 0.6 is 11.6 Å². The molecular weight excluding hydrogens is 236 g/mol. The lowest BCUT2D eigenvalue weighted by molar-refractivity contribution is 0.111. The summed E-state index contributed by atoms with van der Waals surface area (Å²) in [6, 6.07) is 7.72. The Hall–Kier alpha value is -1.74. The number of hydrogen-bond donors (Lipinski definition) is 0. The molecule has 0 atom stereocenters. The van der Waals surface area contributed by atoms with E-state index in [1.165, 1.54) is 0 Å². The number of nitrogens with zero attached hydrogens (tertiary/aromatic N) is 2. The molecule has 0 aliphatic rings. The van der Waals surface area contributed by atoms with Gasteiger partial charge in [0.05, 0.1) is 27.3 Å². The average molecular weight is 247 g/mol. The quantitative estimate of drug-likeness (QED) is 0.606. The molecule has 0 aliphatic carbocycles. The van der Waals surface area contributed by atoms with E-state index < -0.39 is 0 Å². The van der Waals surface area contributed by atoms with E-state index in [0.29, 0.717) is 5.69 Å². The predicted octanol–water partition coefficient (Wildman–Crippen LogP) is 3.14. The summed E-state index contributed by atoms with van der Waals surface area (Å²) in [6.45, 7) is 0. The van der Waals surface area contributed by atoms with Crippen molar-refractivity contribution in [1.82, 2.24) is 9.13 Å². The van der Waals surface area contributed by atoms with Crippen molar-refractivity contribution >= 4 is 39.8 Å². The molecule has 0 fully saturated rings. The largest absolute Gasteiger partial charge is 0.341 e. The highest BCUT2D eigenvalue weighted by molar-refractivity contribution is 6.36. The minimum Gasteiger partial charge on any atom is -0.341 e. The van der Waals surface area contributed by atoms with Crippen LogP contribution in [0.5, 0.6) is 0 Å². The molecule has 0 bridgehead atoms. The van der Waals surface area contributed by atoms with E-state index in [9.17, 15) is 4.79 Å². The molecule has 0 spiro atoms. The predicted molar refractivity (Wildman–Crippen MR) is 69.8 cm³/mol. The number of aldehydes is 1. The molecule has 3 aromatic rings. The summed E-state index contributed by atoms with van der Waals surface area (Å²) in [6.07, 6.45) is 0.871. The van der Waals surface area contributed by atoms with Crippen molar-refractivity contribution in [2.24, 2.45) is 14.1 Å². The van der Waals surface area contributed by atoms with E-state index in [1.54, 1.807) is 0 Å². The van der Waals surface area contributed by atoms with E-state index in [4.69, 9.17) is 11.6 Å². The molecule has 1 aromatic carbocycles. The lowest BCUT2D eigenvalue weighted by Gasteiger charge is -2.00. The van der Waals surface area contributed by atoms with Crippen LogP contribution in [0.2, 0.25) is 5.02 Å². The van der Waals surface area contributed by atoms with Crippen molar-refractivity contribution in [2.45, 2.75) is 0 Å². The Labute approximate surface area is 103 Å². The van der Waals surface area contributed by atoms with Crippen molar-refractivity contribution in [3.63, 3.8) is 0 Å². The van der Waals surface area contributed by atoms with Gasteiger partial charge in [0.25, 0.3) is 0 Å². The summed E-state index contributed by atoms with van der Waals surface area (Å²) in [5.74, 6) is 0. The number of hydrogen-bond acceptors (Lipinski definition) is 1. The number of halogens is 1. The van der Waals surface area contributed by atoms with Crippen LogP contribution in [0.4, 0.5) is 0 Å². The molecule has 17 heavy (non-hydrogen) atoms. The third kappa shape index (κ3) is 1.20. The van der Waals surface area contributed by atoms with Gasteiger partial charge >= 0.3 is 0 Å². The Morgan fingerprint density at radius 2 is 1.94 bits per heavy atom. The number of rotatable bonds is 1. The minimum absolute atomic E-state index is 0.674. The van der Waals surface area contributed by atoms with Crippen molar-refractivity contribution < 1.29 is 4.79 Å². The molecule has 0 N–H and O–H groups in total. The number of para-hydroxylation sites is 1. The first kappa shape index (κ1) is 10.4. The molecule has 2 aromatic heterocycles. The van der Waals surface area contributed by atoms with Gasteiger partial charge in [-0.1, -0.05) is 23.7 Å². The summed E-state index contributed by atoms with van der Waals surface area (Å²) >= 11 is 6.22. The number of aromatic nitrogens is 2. The zero-order valence-corrected chi connectivity index (χ0v) is 10.3. The first-order valence-corrected chi connectivity index (χ1v) is 5.70. The Balaban J connectivity index is 2.63. The first-order chi connectivity index (χ1) is 8.15. The van der Waals surface area contributed by atoms with Gasteiger partial charge in [-0.2, -0.15) is 0 Å². The lowest BCUT2D eigenvalue weighted by atomic mass is 10.2. The molecule has 0 amide bonds. The summed E-state index contributed by atoms with van der Waals surface area (Å²) < 4.78 is 3.93. The minimum atomic E-state index is 0.674. The topological polar surface area (TPSA) is 26.9 Å². The SMILES string of the molecule is Cn1c(C=O)cc2c1c1cccc(Cl)c1n2C. The van der Waals surface area contributed by atoms with Gasteiger partial charge in [-0.3, -0.25) is 4.79 Å². The molecule has 2 heterocycles. The van der Waals surface area contributed by atoms with Gasteiger partial charge in [0, 0.05) is 19.5 Å². The second kappa shape index (κ2) is 3.37. The zero-order chi connectivity index (χ0) is 12.2. The van der Waals surface area contributed by atoms with Crippen LogP contribution in [0.1, 0.15) is 10.5 Å². The van der Waals surface area contributed by atoms with Crippen molar-refractivity contribution in [3.05, 3.63) is 35.0 Å². The van der Waals surface area contributed by atoms with E-state index >= 15 is 0 Å². The van der Waals surface area contributed by atoms with Gasteiger partial charge in [0.1, 0.15) is 0 Å². The van der Waals surface area contributed by atoms with E-state index in [0.717, 1.165) is 33.2 Å². The van der Waals surface area contributed by atoms with Crippen LogP contribution in [-0.2, 0) is 14.1 Å². The molecule has 3 nitrogen and oxygen atoms in total. The summed E-state index contributed by atoms with van der Waals surface area (Å²) in [4.78, 5) is 11.0. The molecule has 0 saturated carbocycles. The molecule has 4 heteroatoms. The van der Waals surface area contributed by atoms with E-state index in [1.807, 2.05) is 47.5 Å². The Morgan fingerprint density at radius 3 is 2.65 bits per heavy atom. The van der Waals surface area contributed by atoms with Crippen molar-refractivity contribution in [2.75, 3.05) is 0 Å². The number of fused-ring (bicyclic) bond motifs is 3. The van der Waals surface area contributed by atoms with Crippen LogP contribution in [0, 0.1) is 0 Å². The monoisotopic (exact) mass is 246 g/mol. The molecule has 86 valence electrons. The standard InChI is InChI=1S/C13H11ClN2O/c1-15-8(7-17)6-11-13(15)9-4-3-5-10(14)12(9)16(11)2/h3-7H,1-2H3. The fourth-order valence-corrected chi connectivity index (χ4v) is 2.76. The van der Waals surface area contributed by atoms with E-state index in [-0.39, 0.29) is 0 Å². The number of benzene rings is 1. The molecule has 0 unspecified atom stereocenters. The van der Waals surface area contributed by atoms with E-state index in [2.05, 4.69) is 0 Å². The van der Waals surface area contributed by atoms with Gasteiger partial charge in [-0.05, 0) is 12.1 Å². The Bertz CT molecular complexity index is 752. The molecular formula is C13H11ClN2O. The highest BCUT2D eigenvalue weighted by Gasteiger charge is 2.15. The van der Waals surface area contributed by atoms with Gasteiger partial charge in [0.15, 0.2) is 6.29 Å². The fraction of sp³-hybridized carbons (Fsp3) is 0.154. The number of carbonyl (C=O) groups is 1. The third-order valence-corrected chi connectivity index (χ3v) is 3.61. The van der Waals surface area contributed by atoms with Crippen molar-refractivity contribution in [1.29, 1.82) is 0 Å². The van der Waals surface area contributed by atoms with Gasteiger partial charge in [-0.25, -0.2) is 0 Å². The van der Waals surface area contributed by atoms with Crippen LogP contribution < -0.4 is 0 Å². The molecule has 0 radical (unpaired) electrons. The zero-order valence-electron chi connectivity index (χ0n) is 9.57. The summed E-state index contributed by atoms with van der Waals surface area (Å²) in [5.41, 5.74) is 3.75. The maximum Gasteiger partial charge on any atom is 0.166 e. The maximum absolute atomic E-state index is 11.0. The Kier molecular flexibility index (Phi) is 2.07. The van der Waals surface area contributed by atoms with Crippen LogP contribution in [-0.4, -0.2) is 15.4 Å². The Morgan fingerprint density at radius 1 is 1.18 bits per heavy atom. The van der Waals surface area contributed by atoms with Crippen LogP contribution in [0.3, 0.4) is 0 Å². The normalized spacial score (nSPS) is 11.5. The van der Waals surface area contributed by atoms with Gasteiger partial charge in [-0.15, -0.1) is 0 Å². The highest BCUT2D eigenvalue weighted by Crippen LogP contribution is 2.33. The summed E-state index contributed by atoms with van der Waals surface area (Å²) in [7, 11) is 3.86. The van der Waals surface area contributed by atoms with Gasteiger partial charge in [0.2, 0.25) is 0 Å². The molecule has 0 saturated heterocycles. The number of aryl methyl sites for hydroxylation is 2. The average Bonchev–Trinajstić information content (AvgIpc) is 2.78.